The van der Waals surface area contributed by atoms with Crippen LogP contribution in [-0.2, 0) is 11.3 Å². The van der Waals surface area contributed by atoms with E-state index in [-0.39, 0.29) is 0 Å². The molecule has 2 nitrogen and oxygen atoms in total. The summed E-state index contributed by atoms with van der Waals surface area (Å²) in [5, 5.41) is 3.41. The number of hydrogen-bond donors (Lipinski definition) is 1. The highest BCUT2D eigenvalue weighted by Gasteiger charge is 2.03. The third kappa shape index (κ3) is 5.64. The fourth-order valence-corrected chi connectivity index (χ4v) is 3.12. The third-order valence-electron chi connectivity index (χ3n) is 2.20. The van der Waals surface area contributed by atoms with E-state index in [2.05, 4.69) is 27.3 Å². The zero-order chi connectivity index (χ0) is 11.8. The smallest absolute Gasteiger partial charge is 0.107 e. The molecular weight excluding hydrogens is 310 g/mol. The topological polar surface area (TPSA) is 21.3 Å². The quantitative estimate of drug-likeness (QED) is 0.727. The molecule has 0 aliphatic carbocycles. The van der Waals surface area contributed by atoms with Gasteiger partial charge >= 0.3 is 0 Å². The van der Waals surface area contributed by atoms with Crippen LogP contribution in [0.25, 0.3) is 0 Å². The van der Waals surface area contributed by atoms with Gasteiger partial charge in [0.1, 0.15) is 4.34 Å². The Labute approximate surface area is 114 Å². The molecule has 0 saturated heterocycles. The summed E-state index contributed by atoms with van der Waals surface area (Å²) in [6, 6.07) is 2.07. The Balaban J connectivity index is 2.03. The average molecular weight is 327 g/mol. The molecule has 0 aliphatic rings. The molecular formula is C11H17BrClNOS. The lowest BCUT2D eigenvalue weighted by Crippen LogP contribution is -2.13. The van der Waals surface area contributed by atoms with Gasteiger partial charge in [0.2, 0.25) is 0 Å². The molecule has 16 heavy (non-hydrogen) atoms. The summed E-state index contributed by atoms with van der Waals surface area (Å²) >= 11 is 11.0. The van der Waals surface area contributed by atoms with Crippen LogP contribution in [0.3, 0.4) is 0 Å². The summed E-state index contributed by atoms with van der Waals surface area (Å²) in [6.07, 6.45) is 3.56. The zero-order valence-corrected chi connectivity index (χ0v) is 12.6. The Morgan fingerprint density at radius 2 is 2.25 bits per heavy atom. The molecule has 0 amide bonds. The summed E-state index contributed by atoms with van der Waals surface area (Å²) in [5.74, 6) is 0. The maximum Gasteiger partial charge on any atom is 0.107 e. The minimum absolute atomic E-state index is 0.830. The molecule has 92 valence electrons. The van der Waals surface area contributed by atoms with Gasteiger partial charge in [0.15, 0.2) is 0 Å². The summed E-state index contributed by atoms with van der Waals surface area (Å²) in [6.45, 7) is 2.82. The Bertz CT molecular complexity index is 287. The van der Waals surface area contributed by atoms with Crippen molar-refractivity contribution < 1.29 is 4.74 Å². The van der Waals surface area contributed by atoms with Gasteiger partial charge < -0.3 is 10.1 Å². The van der Waals surface area contributed by atoms with E-state index in [0.717, 1.165) is 34.9 Å². The lowest BCUT2D eigenvalue weighted by atomic mass is 10.2. The number of halogens is 2. The molecule has 1 aromatic rings. The van der Waals surface area contributed by atoms with Crippen molar-refractivity contribution in [2.75, 3.05) is 20.3 Å². The fourth-order valence-electron chi connectivity index (χ4n) is 1.36. The first-order chi connectivity index (χ1) is 7.74. The van der Waals surface area contributed by atoms with Crippen molar-refractivity contribution in [1.82, 2.24) is 5.32 Å². The summed E-state index contributed by atoms with van der Waals surface area (Å²) < 4.78 is 6.82. The molecule has 1 N–H and O–H groups in total. The van der Waals surface area contributed by atoms with Crippen LogP contribution in [0.4, 0.5) is 0 Å². The Kier molecular flexibility index (Phi) is 7.66. The number of hydrogen-bond acceptors (Lipinski definition) is 3. The molecule has 1 aromatic heterocycles. The largest absolute Gasteiger partial charge is 0.385 e. The third-order valence-corrected chi connectivity index (χ3v) is 4.67. The molecule has 0 atom stereocenters. The highest BCUT2D eigenvalue weighted by atomic mass is 79.9. The van der Waals surface area contributed by atoms with E-state index in [0.29, 0.717) is 0 Å². The van der Waals surface area contributed by atoms with Crippen molar-refractivity contribution in [3.8, 4) is 0 Å². The van der Waals surface area contributed by atoms with Crippen LogP contribution in [0.2, 0.25) is 4.34 Å². The van der Waals surface area contributed by atoms with E-state index in [1.54, 1.807) is 18.4 Å². The van der Waals surface area contributed by atoms with Crippen LogP contribution >= 0.6 is 38.9 Å². The molecule has 1 rings (SSSR count). The highest BCUT2D eigenvalue weighted by molar-refractivity contribution is 9.10. The van der Waals surface area contributed by atoms with Crippen LogP contribution in [0.1, 0.15) is 24.1 Å². The first kappa shape index (κ1) is 14.5. The minimum Gasteiger partial charge on any atom is -0.385 e. The number of rotatable bonds is 8. The SMILES string of the molecule is COCCCCCNCc1cc(Br)c(Cl)s1. The predicted octanol–water partition coefficient (Wildman–Crippen LogP) is 4.07. The number of thiophene rings is 1. The molecule has 5 heteroatoms. The monoisotopic (exact) mass is 325 g/mol. The van der Waals surface area contributed by atoms with Crippen molar-refractivity contribution in [3.05, 3.63) is 19.8 Å². The van der Waals surface area contributed by atoms with E-state index in [4.69, 9.17) is 16.3 Å². The molecule has 0 bridgehead atoms. The van der Waals surface area contributed by atoms with Crippen LogP contribution in [0.5, 0.6) is 0 Å². The second kappa shape index (κ2) is 8.48. The molecule has 0 saturated carbocycles. The van der Waals surface area contributed by atoms with Crippen LogP contribution in [0.15, 0.2) is 10.5 Å². The van der Waals surface area contributed by atoms with E-state index < -0.39 is 0 Å². The molecule has 0 fully saturated rings. The molecule has 0 unspecified atom stereocenters. The number of ether oxygens (including phenoxy) is 1. The molecule has 1 heterocycles. The van der Waals surface area contributed by atoms with E-state index >= 15 is 0 Å². The average Bonchev–Trinajstić information content (AvgIpc) is 2.57. The van der Waals surface area contributed by atoms with Crippen molar-refractivity contribution in [2.24, 2.45) is 0 Å². The Hall–Kier alpha value is 0.390. The lowest BCUT2D eigenvalue weighted by Gasteiger charge is -2.02. The van der Waals surface area contributed by atoms with Gasteiger partial charge in [-0.25, -0.2) is 0 Å². The van der Waals surface area contributed by atoms with Gasteiger partial charge in [-0.1, -0.05) is 11.6 Å². The number of unbranched alkanes of at least 4 members (excludes halogenated alkanes) is 2. The van der Waals surface area contributed by atoms with Gasteiger partial charge in [-0.05, 0) is 47.8 Å². The normalized spacial score (nSPS) is 10.9. The summed E-state index contributed by atoms with van der Waals surface area (Å²) in [4.78, 5) is 1.27. The minimum atomic E-state index is 0.830. The standard InChI is InChI=1S/C11H17BrClNOS/c1-15-6-4-2-3-5-14-8-9-7-10(12)11(13)16-9/h7,14H,2-6,8H2,1H3. The molecule has 0 radical (unpaired) electrons. The molecule has 0 aromatic carbocycles. The first-order valence-corrected chi connectivity index (χ1v) is 7.36. The number of methoxy groups -OCH3 is 1. The van der Waals surface area contributed by atoms with E-state index in [9.17, 15) is 0 Å². The Morgan fingerprint density at radius 1 is 1.44 bits per heavy atom. The van der Waals surface area contributed by atoms with Gasteiger partial charge in [0.05, 0.1) is 0 Å². The van der Waals surface area contributed by atoms with Crippen molar-refractivity contribution in [3.63, 3.8) is 0 Å². The first-order valence-electron chi connectivity index (χ1n) is 5.37. The van der Waals surface area contributed by atoms with Crippen molar-refractivity contribution in [2.45, 2.75) is 25.8 Å². The van der Waals surface area contributed by atoms with Gasteiger partial charge in [-0.15, -0.1) is 11.3 Å². The maximum absolute atomic E-state index is 5.96. The van der Waals surface area contributed by atoms with Gasteiger partial charge in [-0.3, -0.25) is 0 Å². The summed E-state index contributed by atoms with van der Waals surface area (Å²) in [5.41, 5.74) is 0. The lowest BCUT2D eigenvalue weighted by molar-refractivity contribution is 0.192. The van der Waals surface area contributed by atoms with Gasteiger partial charge in [0, 0.05) is 29.6 Å². The highest BCUT2D eigenvalue weighted by Crippen LogP contribution is 2.31. The van der Waals surface area contributed by atoms with Crippen molar-refractivity contribution >= 4 is 38.9 Å². The molecule has 0 spiro atoms. The fraction of sp³-hybridized carbons (Fsp3) is 0.636. The van der Waals surface area contributed by atoms with Gasteiger partial charge in [-0.2, -0.15) is 0 Å². The van der Waals surface area contributed by atoms with Crippen LogP contribution in [-0.4, -0.2) is 20.3 Å². The van der Waals surface area contributed by atoms with Gasteiger partial charge in [0.25, 0.3) is 0 Å². The Morgan fingerprint density at radius 3 is 2.88 bits per heavy atom. The number of nitrogens with one attached hydrogen (secondary N) is 1. The van der Waals surface area contributed by atoms with Crippen LogP contribution in [0, 0.1) is 0 Å². The van der Waals surface area contributed by atoms with E-state index in [1.807, 2.05) is 0 Å². The van der Waals surface area contributed by atoms with Crippen LogP contribution < -0.4 is 5.32 Å². The summed E-state index contributed by atoms with van der Waals surface area (Å²) in [7, 11) is 1.75. The maximum atomic E-state index is 5.96. The second-order valence-electron chi connectivity index (χ2n) is 3.56. The zero-order valence-electron chi connectivity index (χ0n) is 9.39. The van der Waals surface area contributed by atoms with E-state index in [1.165, 1.54) is 17.7 Å². The predicted molar refractivity (Wildman–Crippen MR) is 74.5 cm³/mol. The molecule has 0 aliphatic heterocycles. The second-order valence-corrected chi connectivity index (χ2v) is 6.16. The van der Waals surface area contributed by atoms with Crippen molar-refractivity contribution in [1.29, 1.82) is 0 Å².